The van der Waals surface area contributed by atoms with Crippen molar-refractivity contribution < 1.29 is 9.90 Å². The third-order valence-electron chi connectivity index (χ3n) is 3.90. The molecule has 4 nitrogen and oxygen atoms in total. The van der Waals surface area contributed by atoms with Crippen molar-refractivity contribution in [1.82, 2.24) is 4.90 Å². The molecule has 0 aliphatic heterocycles. The lowest BCUT2D eigenvalue weighted by atomic mass is 10.1. The molecule has 1 N–H and O–H groups in total. The van der Waals surface area contributed by atoms with Crippen molar-refractivity contribution in [2.45, 2.75) is 19.1 Å². The van der Waals surface area contributed by atoms with Gasteiger partial charge >= 0.3 is 0 Å². The number of hydrogen-bond acceptors (Lipinski definition) is 3. The standard InChI is InChI=1S/C19H23ClN2O2/c1-21(2)17-6-4-5-14(11-17)13-22(3)19(24)12-18(23)15-7-9-16(20)10-8-15/h4-11,18,23H,12-13H2,1-3H3. The second-order valence-corrected chi connectivity index (χ2v) is 6.52. The minimum absolute atomic E-state index is 0.0471. The van der Waals surface area contributed by atoms with Crippen molar-refractivity contribution in [2.24, 2.45) is 0 Å². The van der Waals surface area contributed by atoms with E-state index in [0.29, 0.717) is 17.1 Å². The normalized spacial score (nSPS) is 11.9. The maximum Gasteiger partial charge on any atom is 0.225 e. The van der Waals surface area contributed by atoms with Crippen LogP contribution in [0.25, 0.3) is 0 Å². The van der Waals surface area contributed by atoms with E-state index in [9.17, 15) is 9.90 Å². The molecular weight excluding hydrogens is 324 g/mol. The number of anilines is 1. The first-order valence-corrected chi connectivity index (χ1v) is 8.18. The molecule has 1 unspecified atom stereocenters. The lowest BCUT2D eigenvalue weighted by Crippen LogP contribution is -2.27. The molecule has 0 saturated carbocycles. The van der Waals surface area contributed by atoms with Gasteiger partial charge in [0, 0.05) is 38.4 Å². The highest BCUT2D eigenvalue weighted by Crippen LogP contribution is 2.21. The van der Waals surface area contributed by atoms with Gasteiger partial charge in [0.25, 0.3) is 0 Å². The number of rotatable bonds is 6. The first-order valence-electron chi connectivity index (χ1n) is 7.80. The molecule has 2 rings (SSSR count). The first kappa shape index (κ1) is 18.3. The number of carbonyl (C=O) groups excluding carboxylic acids is 1. The molecular formula is C19H23ClN2O2. The van der Waals surface area contributed by atoms with Crippen LogP contribution in [0.5, 0.6) is 0 Å². The van der Waals surface area contributed by atoms with E-state index >= 15 is 0 Å². The lowest BCUT2D eigenvalue weighted by molar-refractivity contribution is -0.132. The molecule has 0 aliphatic carbocycles. The van der Waals surface area contributed by atoms with E-state index in [2.05, 4.69) is 6.07 Å². The van der Waals surface area contributed by atoms with E-state index in [0.717, 1.165) is 11.3 Å². The predicted molar refractivity (Wildman–Crippen MR) is 98.3 cm³/mol. The van der Waals surface area contributed by atoms with Gasteiger partial charge in [0.05, 0.1) is 12.5 Å². The molecule has 24 heavy (non-hydrogen) atoms. The number of aliphatic hydroxyl groups is 1. The van der Waals surface area contributed by atoms with Gasteiger partial charge in [0.1, 0.15) is 0 Å². The third kappa shape index (κ3) is 4.98. The molecule has 0 saturated heterocycles. The Hall–Kier alpha value is -2.04. The van der Waals surface area contributed by atoms with Crippen molar-refractivity contribution in [3.63, 3.8) is 0 Å². The van der Waals surface area contributed by atoms with Crippen LogP contribution >= 0.6 is 11.6 Å². The Morgan fingerprint density at radius 1 is 1.12 bits per heavy atom. The second-order valence-electron chi connectivity index (χ2n) is 6.09. The maximum atomic E-state index is 12.3. The fourth-order valence-corrected chi connectivity index (χ4v) is 2.55. The van der Waals surface area contributed by atoms with Crippen LogP contribution in [0.2, 0.25) is 5.02 Å². The quantitative estimate of drug-likeness (QED) is 0.870. The molecule has 0 fully saturated rings. The molecule has 0 aromatic heterocycles. The Bertz CT molecular complexity index is 686. The van der Waals surface area contributed by atoms with Gasteiger partial charge in [0.2, 0.25) is 5.91 Å². The van der Waals surface area contributed by atoms with Crippen molar-refractivity contribution >= 4 is 23.2 Å². The zero-order valence-corrected chi connectivity index (χ0v) is 15.0. The highest BCUT2D eigenvalue weighted by Gasteiger charge is 2.16. The number of halogens is 1. The Balaban J connectivity index is 1.96. The number of hydrogen-bond donors (Lipinski definition) is 1. The summed E-state index contributed by atoms with van der Waals surface area (Å²) in [6.45, 7) is 0.508. The Labute approximate surface area is 148 Å². The van der Waals surface area contributed by atoms with Gasteiger partial charge < -0.3 is 14.9 Å². The van der Waals surface area contributed by atoms with Crippen LogP contribution in [0.15, 0.2) is 48.5 Å². The van der Waals surface area contributed by atoms with Gasteiger partial charge in [-0.3, -0.25) is 4.79 Å². The average Bonchev–Trinajstić information content (AvgIpc) is 2.55. The minimum atomic E-state index is -0.828. The zero-order valence-electron chi connectivity index (χ0n) is 14.2. The van der Waals surface area contributed by atoms with Crippen molar-refractivity contribution in [1.29, 1.82) is 0 Å². The first-order chi connectivity index (χ1) is 11.4. The third-order valence-corrected chi connectivity index (χ3v) is 4.15. The molecule has 2 aromatic carbocycles. The highest BCUT2D eigenvalue weighted by atomic mass is 35.5. The summed E-state index contributed by atoms with van der Waals surface area (Å²) in [4.78, 5) is 16.0. The summed E-state index contributed by atoms with van der Waals surface area (Å²) in [5, 5.41) is 10.8. The van der Waals surface area contributed by atoms with E-state index in [1.807, 2.05) is 37.2 Å². The molecule has 0 aliphatic rings. The van der Waals surface area contributed by atoms with Crippen LogP contribution in [-0.4, -0.2) is 37.1 Å². The second kappa shape index (κ2) is 8.18. The van der Waals surface area contributed by atoms with Crippen molar-refractivity contribution in [2.75, 3.05) is 26.0 Å². The monoisotopic (exact) mass is 346 g/mol. The summed E-state index contributed by atoms with van der Waals surface area (Å²) in [5.41, 5.74) is 2.84. The summed E-state index contributed by atoms with van der Waals surface area (Å²) in [6, 6.07) is 14.9. The van der Waals surface area contributed by atoms with Gasteiger partial charge in [-0.05, 0) is 35.4 Å². The Morgan fingerprint density at radius 2 is 1.79 bits per heavy atom. The summed E-state index contributed by atoms with van der Waals surface area (Å²) >= 11 is 5.84. The maximum absolute atomic E-state index is 12.3. The van der Waals surface area contributed by atoms with E-state index in [1.54, 1.807) is 36.2 Å². The van der Waals surface area contributed by atoms with Crippen LogP contribution in [0.3, 0.4) is 0 Å². The van der Waals surface area contributed by atoms with Gasteiger partial charge in [-0.2, -0.15) is 0 Å². The van der Waals surface area contributed by atoms with Crippen molar-refractivity contribution in [3.8, 4) is 0 Å². The number of benzene rings is 2. The van der Waals surface area contributed by atoms with Gasteiger partial charge in [-0.1, -0.05) is 35.9 Å². The van der Waals surface area contributed by atoms with Crippen LogP contribution in [0, 0.1) is 0 Å². The number of nitrogens with zero attached hydrogens (tertiary/aromatic N) is 2. The molecule has 1 amide bonds. The highest BCUT2D eigenvalue weighted by molar-refractivity contribution is 6.30. The lowest BCUT2D eigenvalue weighted by Gasteiger charge is -2.21. The fraction of sp³-hybridized carbons (Fsp3) is 0.316. The molecule has 2 aromatic rings. The van der Waals surface area contributed by atoms with Crippen LogP contribution in [0.4, 0.5) is 5.69 Å². The Kier molecular flexibility index (Phi) is 6.23. The van der Waals surface area contributed by atoms with Gasteiger partial charge in [-0.15, -0.1) is 0 Å². The number of amides is 1. The molecule has 0 radical (unpaired) electrons. The average molecular weight is 347 g/mol. The van der Waals surface area contributed by atoms with E-state index < -0.39 is 6.10 Å². The fourth-order valence-electron chi connectivity index (χ4n) is 2.42. The number of aliphatic hydroxyl groups excluding tert-OH is 1. The molecule has 128 valence electrons. The molecule has 0 bridgehead atoms. The number of carbonyl (C=O) groups is 1. The van der Waals surface area contributed by atoms with E-state index in [-0.39, 0.29) is 12.3 Å². The molecule has 1 atom stereocenters. The van der Waals surface area contributed by atoms with Crippen LogP contribution in [-0.2, 0) is 11.3 Å². The Morgan fingerprint density at radius 3 is 2.42 bits per heavy atom. The van der Waals surface area contributed by atoms with E-state index in [1.165, 1.54) is 0 Å². The summed E-state index contributed by atoms with van der Waals surface area (Å²) in [6.07, 6.45) is -0.781. The zero-order chi connectivity index (χ0) is 17.7. The van der Waals surface area contributed by atoms with Crippen LogP contribution in [0.1, 0.15) is 23.7 Å². The van der Waals surface area contributed by atoms with Gasteiger partial charge in [0.15, 0.2) is 0 Å². The largest absolute Gasteiger partial charge is 0.388 e. The summed E-state index contributed by atoms with van der Waals surface area (Å²) in [5.74, 6) is -0.104. The topological polar surface area (TPSA) is 43.8 Å². The van der Waals surface area contributed by atoms with Crippen molar-refractivity contribution in [3.05, 3.63) is 64.7 Å². The summed E-state index contributed by atoms with van der Waals surface area (Å²) in [7, 11) is 5.71. The molecule has 0 spiro atoms. The predicted octanol–water partition coefficient (Wildman–Crippen LogP) is 3.49. The van der Waals surface area contributed by atoms with Gasteiger partial charge in [-0.25, -0.2) is 0 Å². The molecule has 5 heteroatoms. The molecule has 0 heterocycles. The van der Waals surface area contributed by atoms with E-state index in [4.69, 9.17) is 11.6 Å². The van der Waals surface area contributed by atoms with Crippen LogP contribution < -0.4 is 4.90 Å². The SMILES string of the molecule is CN(Cc1cccc(N(C)C)c1)C(=O)CC(O)c1ccc(Cl)cc1. The minimum Gasteiger partial charge on any atom is -0.388 e. The summed E-state index contributed by atoms with van der Waals surface area (Å²) < 4.78 is 0. The smallest absolute Gasteiger partial charge is 0.225 e.